The molecule has 2 aromatic carbocycles. The van der Waals surface area contributed by atoms with Gasteiger partial charge in [0.25, 0.3) is 5.91 Å². The Bertz CT molecular complexity index is 1040. The van der Waals surface area contributed by atoms with Gasteiger partial charge in [0.2, 0.25) is 6.10 Å². The van der Waals surface area contributed by atoms with E-state index in [4.69, 9.17) is 9.47 Å². The molecule has 160 valence electrons. The SMILES string of the molecule is C=CCNc1nc(C(=O)OC(C(=O)Nc2ccccc2OCC)c2ccccc2)cs1. The Kier molecular flexibility index (Phi) is 7.78. The van der Waals surface area contributed by atoms with Crippen molar-refractivity contribution in [2.24, 2.45) is 0 Å². The topological polar surface area (TPSA) is 89.5 Å². The lowest BCUT2D eigenvalue weighted by Gasteiger charge is -2.18. The van der Waals surface area contributed by atoms with Crippen LogP contribution in [0.3, 0.4) is 0 Å². The molecule has 0 saturated heterocycles. The van der Waals surface area contributed by atoms with Crippen LogP contribution in [-0.2, 0) is 9.53 Å². The highest BCUT2D eigenvalue weighted by Gasteiger charge is 2.27. The number of amides is 1. The minimum absolute atomic E-state index is 0.125. The van der Waals surface area contributed by atoms with E-state index in [0.29, 0.717) is 35.3 Å². The lowest BCUT2D eigenvalue weighted by Crippen LogP contribution is -2.26. The van der Waals surface area contributed by atoms with Crippen LogP contribution in [0.4, 0.5) is 10.8 Å². The first kappa shape index (κ1) is 22.0. The highest BCUT2D eigenvalue weighted by atomic mass is 32.1. The summed E-state index contributed by atoms with van der Waals surface area (Å²) in [7, 11) is 0. The molecule has 0 aliphatic heterocycles. The molecule has 1 atom stereocenters. The van der Waals surface area contributed by atoms with Crippen molar-refractivity contribution in [3.8, 4) is 5.75 Å². The highest BCUT2D eigenvalue weighted by molar-refractivity contribution is 7.13. The van der Waals surface area contributed by atoms with Crippen LogP contribution in [-0.4, -0.2) is 30.0 Å². The molecule has 1 heterocycles. The molecular formula is C23H23N3O4S. The number of esters is 1. The number of para-hydroxylation sites is 2. The van der Waals surface area contributed by atoms with E-state index in [1.54, 1.807) is 53.9 Å². The lowest BCUT2D eigenvalue weighted by atomic mass is 10.1. The maximum Gasteiger partial charge on any atom is 0.359 e. The number of hydrogen-bond donors (Lipinski definition) is 2. The first-order chi connectivity index (χ1) is 15.1. The summed E-state index contributed by atoms with van der Waals surface area (Å²) in [5.74, 6) is -0.647. The molecule has 1 unspecified atom stereocenters. The van der Waals surface area contributed by atoms with Crippen LogP contribution in [0.2, 0.25) is 0 Å². The average molecular weight is 438 g/mol. The van der Waals surface area contributed by atoms with E-state index in [-0.39, 0.29) is 5.69 Å². The van der Waals surface area contributed by atoms with Crippen molar-refractivity contribution < 1.29 is 19.1 Å². The molecule has 0 spiro atoms. The number of thiazole rings is 1. The molecule has 2 N–H and O–H groups in total. The van der Waals surface area contributed by atoms with Gasteiger partial charge in [-0.15, -0.1) is 17.9 Å². The molecule has 1 aromatic heterocycles. The maximum atomic E-state index is 13.1. The second kappa shape index (κ2) is 10.9. The number of carbonyl (C=O) groups is 2. The van der Waals surface area contributed by atoms with Gasteiger partial charge in [-0.05, 0) is 19.1 Å². The summed E-state index contributed by atoms with van der Waals surface area (Å²) in [4.78, 5) is 30.0. The van der Waals surface area contributed by atoms with E-state index < -0.39 is 18.0 Å². The van der Waals surface area contributed by atoms with Crippen molar-refractivity contribution in [1.82, 2.24) is 4.98 Å². The summed E-state index contributed by atoms with van der Waals surface area (Å²) >= 11 is 1.27. The Morgan fingerprint density at radius 3 is 2.65 bits per heavy atom. The molecule has 7 nitrogen and oxygen atoms in total. The predicted octanol–water partition coefficient (Wildman–Crippen LogP) is 4.68. The summed E-state index contributed by atoms with van der Waals surface area (Å²) in [5, 5.41) is 7.97. The van der Waals surface area contributed by atoms with E-state index in [9.17, 15) is 9.59 Å². The van der Waals surface area contributed by atoms with Crippen LogP contribution in [0.25, 0.3) is 0 Å². The van der Waals surface area contributed by atoms with Gasteiger partial charge in [-0.25, -0.2) is 9.78 Å². The quantitative estimate of drug-likeness (QED) is 0.354. The minimum Gasteiger partial charge on any atom is -0.492 e. The Labute approximate surface area is 184 Å². The Morgan fingerprint density at radius 2 is 1.90 bits per heavy atom. The second-order valence-electron chi connectivity index (χ2n) is 6.32. The molecule has 0 aliphatic carbocycles. The van der Waals surface area contributed by atoms with Crippen molar-refractivity contribution in [2.45, 2.75) is 13.0 Å². The zero-order chi connectivity index (χ0) is 22.1. The number of hydrogen-bond acceptors (Lipinski definition) is 7. The summed E-state index contributed by atoms with van der Waals surface area (Å²) < 4.78 is 11.1. The van der Waals surface area contributed by atoms with Crippen LogP contribution < -0.4 is 15.4 Å². The molecule has 0 aliphatic rings. The predicted molar refractivity (Wildman–Crippen MR) is 122 cm³/mol. The minimum atomic E-state index is -1.16. The number of nitrogens with zero attached hydrogens (tertiary/aromatic N) is 1. The van der Waals surface area contributed by atoms with E-state index >= 15 is 0 Å². The molecule has 1 amide bonds. The van der Waals surface area contributed by atoms with E-state index in [1.165, 1.54) is 11.3 Å². The van der Waals surface area contributed by atoms with Gasteiger partial charge in [-0.3, -0.25) is 4.79 Å². The van der Waals surface area contributed by atoms with Crippen molar-refractivity contribution in [3.63, 3.8) is 0 Å². The van der Waals surface area contributed by atoms with Gasteiger partial charge in [0.1, 0.15) is 5.75 Å². The zero-order valence-corrected chi connectivity index (χ0v) is 17.9. The normalized spacial score (nSPS) is 11.3. The number of ether oxygens (including phenoxy) is 2. The van der Waals surface area contributed by atoms with Crippen LogP contribution in [0.5, 0.6) is 5.75 Å². The fourth-order valence-electron chi connectivity index (χ4n) is 2.73. The van der Waals surface area contributed by atoms with Crippen LogP contribution >= 0.6 is 11.3 Å². The smallest absolute Gasteiger partial charge is 0.359 e. The van der Waals surface area contributed by atoms with Gasteiger partial charge in [0.15, 0.2) is 10.8 Å². The van der Waals surface area contributed by atoms with Crippen molar-refractivity contribution >= 4 is 34.0 Å². The highest BCUT2D eigenvalue weighted by Crippen LogP contribution is 2.27. The van der Waals surface area contributed by atoms with Gasteiger partial charge >= 0.3 is 5.97 Å². The van der Waals surface area contributed by atoms with E-state index in [2.05, 4.69) is 22.2 Å². The number of rotatable bonds is 10. The molecule has 3 aromatic rings. The molecule has 3 rings (SSSR count). The third kappa shape index (κ3) is 5.93. The summed E-state index contributed by atoms with van der Waals surface area (Å²) in [6.45, 7) is 6.47. The third-order valence-electron chi connectivity index (χ3n) is 4.12. The largest absolute Gasteiger partial charge is 0.492 e. The fraction of sp³-hybridized carbons (Fsp3) is 0.174. The summed E-state index contributed by atoms with van der Waals surface area (Å²) in [5.41, 5.74) is 1.17. The first-order valence-electron chi connectivity index (χ1n) is 9.71. The first-order valence-corrected chi connectivity index (χ1v) is 10.6. The molecule has 31 heavy (non-hydrogen) atoms. The zero-order valence-electron chi connectivity index (χ0n) is 17.0. The van der Waals surface area contributed by atoms with Crippen molar-refractivity contribution in [2.75, 3.05) is 23.8 Å². The molecule has 0 bridgehead atoms. The number of aromatic nitrogens is 1. The van der Waals surface area contributed by atoms with Gasteiger partial charge in [-0.1, -0.05) is 48.5 Å². The Morgan fingerprint density at radius 1 is 1.16 bits per heavy atom. The number of nitrogens with one attached hydrogen (secondary N) is 2. The molecule has 0 fully saturated rings. The molecule has 0 radical (unpaired) electrons. The molecular weight excluding hydrogens is 414 g/mol. The van der Waals surface area contributed by atoms with E-state index in [1.807, 2.05) is 19.1 Å². The van der Waals surface area contributed by atoms with Crippen LogP contribution in [0, 0.1) is 0 Å². The van der Waals surface area contributed by atoms with Gasteiger partial charge < -0.3 is 20.1 Å². The lowest BCUT2D eigenvalue weighted by molar-refractivity contribution is -0.125. The summed E-state index contributed by atoms with van der Waals surface area (Å²) in [6, 6.07) is 15.9. The number of carbonyl (C=O) groups excluding carboxylic acids is 2. The molecule has 8 heteroatoms. The van der Waals surface area contributed by atoms with Gasteiger partial charge in [0, 0.05) is 17.5 Å². The standard InChI is InChI=1S/C23H23N3O4S/c1-3-14-24-23-26-18(15-31-23)22(28)30-20(16-10-6-5-7-11-16)21(27)25-17-12-8-9-13-19(17)29-4-2/h3,5-13,15,20H,1,4,14H2,2H3,(H,24,26)(H,25,27). The van der Waals surface area contributed by atoms with E-state index in [0.717, 1.165) is 0 Å². The summed E-state index contributed by atoms with van der Waals surface area (Å²) in [6.07, 6.45) is 0.532. The third-order valence-corrected chi connectivity index (χ3v) is 4.92. The van der Waals surface area contributed by atoms with Crippen molar-refractivity contribution in [1.29, 1.82) is 0 Å². The van der Waals surface area contributed by atoms with Gasteiger partial charge in [-0.2, -0.15) is 0 Å². The average Bonchev–Trinajstić information content (AvgIpc) is 3.27. The Balaban J connectivity index is 1.80. The second-order valence-corrected chi connectivity index (χ2v) is 7.18. The maximum absolute atomic E-state index is 13.1. The van der Waals surface area contributed by atoms with Gasteiger partial charge in [0.05, 0.1) is 12.3 Å². The Hall–Kier alpha value is -3.65. The van der Waals surface area contributed by atoms with Crippen LogP contribution in [0.1, 0.15) is 29.1 Å². The number of anilines is 2. The fourth-order valence-corrected chi connectivity index (χ4v) is 3.42. The van der Waals surface area contributed by atoms with Crippen LogP contribution in [0.15, 0.2) is 72.6 Å². The monoisotopic (exact) mass is 437 g/mol. The molecule has 0 saturated carbocycles. The number of benzene rings is 2. The van der Waals surface area contributed by atoms with Crippen molar-refractivity contribution in [3.05, 3.63) is 83.9 Å².